The van der Waals surface area contributed by atoms with Gasteiger partial charge in [0.15, 0.2) is 0 Å². The average Bonchev–Trinajstić information content (AvgIpc) is 2.54. The predicted octanol–water partition coefficient (Wildman–Crippen LogP) is 1.78. The molecule has 2 atom stereocenters. The van der Waals surface area contributed by atoms with Crippen LogP contribution >= 0.6 is 12.4 Å². The minimum Gasteiger partial charge on any atom is -0.495 e. The van der Waals surface area contributed by atoms with Crippen molar-refractivity contribution in [1.82, 2.24) is 4.72 Å². The number of ether oxygens (including phenoxy) is 1. The summed E-state index contributed by atoms with van der Waals surface area (Å²) in [5, 5.41) is 8.89. The maximum absolute atomic E-state index is 12.6. The van der Waals surface area contributed by atoms with Gasteiger partial charge in [-0.1, -0.05) is 12.8 Å². The summed E-state index contributed by atoms with van der Waals surface area (Å²) in [4.78, 5) is 0.0512. The van der Waals surface area contributed by atoms with E-state index < -0.39 is 10.0 Å². The van der Waals surface area contributed by atoms with Gasteiger partial charge in [0.05, 0.1) is 18.7 Å². The molecular formula is C15H22ClN3O3S. The van der Waals surface area contributed by atoms with E-state index in [1.165, 1.54) is 25.3 Å². The summed E-state index contributed by atoms with van der Waals surface area (Å²) in [7, 11) is -2.32. The van der Waals surface area contributed by atoms with Crippen molar-refractivity contribution in [1.29, 1.82) is 5.26 Å². The van der Waals surface area contributed by atoms with Gasteiger partial charge in [-0.05, 0) is 43.5 Å². The fourth-order valence-electron chi connectivity index (χ4n) is 2.87. The fourth-order valence-corrected chi connectivity index (χ4v) is 4.36. The maximum atomic E-state index is 12.6. The number of methoxy groups -OCH3 is 1. The lowest BCUT2D eigenvalue weighted by molar-refractivity contribution is 0.295. The van der Waals surface area contributed by atoms with Crippen molar-refractivity contribution in [2.24, 2.45) is 11.7 Å². The summed E-state index contributed by atoms with van der Waals surface area (Å²) in [5.41, 5.74) is 6.10. The van der Waals surface area contributed by atoms with Gasteiger partial charge in [0.25, 0.3) is 0 Å². The van der Waals surface area contributed by atoms with Crippen molar-refractivity contribution in [2.75, 3.05) is 13.7 Å². The molecule has 2 unspecified atom stereocenters. The minimum atomic E-state index is -3.71. The number of hydrogen-bond acceptors (Lipinski definition) is 5. The maximum Gasteiger partial charge on any atom is 0.244 e. The summed E-state index contributed by atoms with van der Waals surface area (Å²) in [6, 6.07) is 6.12. The Balaban J connectivity index is 0.00000264. The number of rotatable bonds is 5. The van der Waals surface area contributed by atoms with Crippen LogP contribution in [-0.2, 0) is 10.0 Å². The van der Waals surface area contributed by atoms with Crippen LogP contribution in [0.1, 0.15) is 31.2 Å². The fraction of sp³-hybridized carbons (Fsp3) is 0.533. The van der Waals surface area contributed by atoms with Crippen LogP contribution in [0.15, 0.2) is 23.1 Å². The molecule has 0 saturated heterocycles. The molecule has 23 heavy (non-hydrogen) atoms. The van der Waals surface area contributed by atoms with E-state index in [1.807, 2.05) is 6.07 Å². The van der Waals surface area contributed by atoms with Gasteiger partial charge < -0.3 is 10.5 Å². The molecule has 3 N–H and O–H groups in total. The average molecular weight is 360 g/mol. The lowest BCUT2D eigenvalue weighted by Crippen LogP contribution is -2.44. The molecule has 8 heteroatoms. The van der Waals surface area contributed by atoms with Crippen LogP contribution in [0.2, 0.25) is 0 Å². The summed E-state index contributed by atoms with van der Waals surface area (Å²) in [6.45, 7) is 0.470. The molecule has 1 saturated carbocycles. The summed E-state index contributed by atoms with van der Waals surface area (Å²) < 4.78 is 33.1. The van der Waals surface area contributed by atoms with Gasteiger partial charge in [-0.25, -0.2) is 13.1 Å². The van der Waals surface area contributed by atoms with Crippen LogP contribution in [0.5, 0.6) is 5.75 Å². The first-order chi connectivity index (χ1) is 10.5. The SMILES string of the molecule is COc1cc(C#N)ccc1S(=O)(=O)NC1CCCCC1CN.Cl. The third kappa shape index (κ3) is 4.58. The number of nitrogens with two attached hydrogens (primary N) is 1. The second kappa shape index (κ2) is 8.50. The van der Waals surface area contributed by atoms with E-state index in [0.717, 1.165) is 25.7 Å². The van der Waals surface area contributed by atoms with Gasteiger partial charge in [-0.3, -0.25) is 0 Å². The van der Waals surface area contributed by atoms with Gasteiger partial charge in [0, 0.05) is 6.04 Å². The zero-order valence-electron chi connectivity index (χ0n) is 13.0. The van der Waals surface area contributed by atoms with E-state index in [2.05, 4.69) is 4.72 Å². The molecule has 0 radical (unpaired) electrons. The lowest BCUT2D eigenvalue weighted by atomic mass is 9.85. The zero-order valence-corrected chi connectivity index (χ0v) is 14.6. The summed E-state index contributed by atoms with van der Waals surface area (Å²) in [5.74, 6) is 0.333. The first-order valence-corrected chi connectivity index (χ1v) is 8.80. The molecule has 0 aliphatic heterocycles. The monoisotopic (exact) mass is 359 g/mol. The largest absolute Gasteiger partial charge is 0.495 e. The van der Waals surface area contributed by atoms with Crippen LogP contribution < -0.4 is 15.2 Å². The van der Waals surface area contributed by atoms with Crippen LogP contribution in [-0.4, -0.2) is 28.1 Å². The van der Waals surface area contributed by atoms with Crippen LogP contribution in [0.4, 0.5) is 0 Å². The summed E-state index contributed by atoms with van der Waals surface area (Å²) >= 11 is 0. The van der Waals surface area contributed by atoms with E-state index in [4.69, 9.17) is 15.7 Å². The Morgan fingerprint density at radius 2 is 2.09 bits per heavy atom. The Morgan fingerprint density at radius 1 is 1.39 bits per heavy atom. The number of nitrogens with zero attached hydrogens (tertiary/aromatic N) is 1. The number of hydrogen-bond donors (Lipinski definition) is 2. The molecule has 1 aliphatic carbocycles. The third-order valence-corrected chi connectivity index (χ3v) is 5.63. The molecule has 1 aliphatic rings. The molecule has 128 valence electrons. The van der Waals surface area contributed by atoms with Gasteiger partial charge >= 0.3 is 0 Å². The van der Waals surface area contributed by atoms with Gasteiger partial charge in [0.2, 0.25) is 10.0 Å². The molecule has 2 rings (SSSR count). The summed E-state index contributed by atoms with van der Waals surface area (Å²) in [6.07, 6.45) is 3.81. The highest BCUT2D eigenvalue weighted by molar-refractivity contribution is 7.89. The standard InChI is InChI=1S/C15H21N3O3S.ClH/c1-21-14-8-11(9-16)6-7-15(14)22(19,20)18-13-5-3-2-4-12(13)10-17;/h6-8,12-13,18H,2-5,10,17H2,1H3;1H. The molecular weight excluding hydrogens is 338 g/mol. The van der Waals surface area contributed by atoms with Crippen LogP contribution in [0.3, 0.4) is 0 Å². The molecule has 0 amide bonds. The topological polar surface area (TPSA) is 105 Å². The van der Waals surface area contributed by atoms with Crippen molar-refractivity contribution >= 4 is 22.4 Å². The Hall–Kier alpha value is -1.33. The molecule has 1 aromatic rings. The normalized spacial score (nSPS) is 21.1. The Labute approximate surface area is 143 Å². The van der Waals surface area contributed by atoms with Crippen LogP contribution in [0.25, 0.3) is 0 Å². The molecule has 0 spiro atoms. The minimum absolute atomic E-state index is 0. The van der Waals surface area contributed by atoms with Crippen molar-refractivity contribution in [3.63, 3.8) is 0 Å². The Kier molecular flexibility index (Phi) is 7.29. The van der Waals surface area contributed by atoms with Crippen molar-refractivity contribution in [3.8, 4) is 11.8 Å². The van der Waals surface area contributed by atoms with Gasteiger partial charge in [-0.2, -0.15) is 5.26 Å². The van der Waals surface area contributed by atoms with Gasteiger partial charge in [0.1, 0.15) is 10.6 Å². The number of nitrogens with one attached hydrogen (secondary N) is 1. The second-order valence-corrected chi connectivity index (χ2v) is 7.17. The van der Waals surface area contributed by atoms with Crippen molar-refractivity contribution in [3.05, 3.63) is 23.8 Å². The zero-order chi connectivity index (χ0) is 16.2. The number of halogens is 1. The Morgan fingerprint density at radius 3 is 2.70 bits per heavy atom. The highest BCUT2D eigenvalue weighted by Crippen LogP contribution is 2.28. The Bertz CT molecular complexity index is 673. The van der Waals surface area contributed by atoms with Crippen molar-refractivity contribution < 1.29 is 13.2 Å². The molecule has 0 heterocycles. The second-order valence-electron chi connectivity index (χ2n) is 5.49. The van der Waals surface area contributed by atoms with Crippen LogP contribution in [0, 0.1) is 17.2 Å². The van der Waals surface area contributed by atoms with E-state index in [0.29, 0.717) is 12.1 Å². The molecule has 0 aromatic heterocycles. The van der Waals surface area contributed by atoms with E-state index >= 15 is 0 Å². The van der Waals surface area contributed by atoms with E-state index in [9.17, 15) is 8.42 Å². The lowest BCUT2D eigenvalue weighted by Gasteiger charge is -2.31. The molecule has 0 bridgehead atoms. The number of nitriles is 1. The number of benzene rings is 1. The highest BCUT2D eigenvalue weighted by atomic mass is 35.5. The molecule has 6 nitrogen and oxygen atoms in total. The molecule has 1 fully saturated rings. The quantitative estimate of drug-likeness (QED) is 0.833. The third-order valence-electron chi connectivity index (χ3n) is 4.10. The number of sulfonamides is 1. The van der Waals surface area contributed by atoms with E-state index in [-0.39, 0.29) is 35.0 Å². The van der Waals surface area contributed by atoms with Gasteiger partial charge in [-0.15, -0.1) is 12.4 Å². The van der Waals surface area contributed by atoms with E-state index in [1.54, 1.807) is 0 Å². The predicted molar refractivity (Wildman–Crippen MR) is 90.1 cm³/mol. The molecule has 1 aromatic carbocycles. The smallest absolute Gasteiger partial charge is 0.244 e. The first-order valence-electron chi connectivity index (χ1n) is 7.32. The van der Waals surface area contributed by atoms with Crippen molar-refractivity contribution in [2.45, 2.75) is 36.6 Å². The first kappa shape index (κ1) is 19.7. The highest BCUT2D eigenvalue weighted by Gasteiger charge is 2.30.